The predicted octanol–water partition coefficient (Wildman–Crippen LogP) is 1.68. The van der Waals surface area contributed by atoms with Crippen LogP contribution in [0.25, 0.3) is 0 Å². The third kappa shape index (κ3) is 2.73. The highest BCUT2D eigenvalue weighted by Gasteiger charge is 2.43. The monoisotopic (exact) mass is 230 g/mol. The maximum absolute atomic E-state index is 14.4. The van der Waals surface area contributed by atoms with Crippen molar-refractivity contribution in [3.63, 3.8) is 0 Å². The Kier molecular flexibility index (Phi) is 4.30. The molecule has 1 heterocycles. The zero-order valence-corrected chi connectivity index (χ0v) is 10.8. The molecule has 4 heteroatoms. The Hall–Kier alpha value is -0.640. The van der Waals surface area contributed by atoms with Crippen LogP contribution in [0.4, 0.5) is 4.39 Å². The van der Waals surface area contributed by atoms with E-state index in [4.69, 9.17) is 0 Å². The van der Waals surface area contributed by atoms with Gasteiger partial charge < -0.3 is 9.80 Å². The van der Waals surface area contributed by atoms with Crippen molar-refractivity contribution in [2.45, 2.75) is 45.3 Å². The molecule has 0 bridgehead atoms. The largest absolute Gasteiger partial charge is 0.343 e. The SMILES string of the molecule is CCN(C)C(=O)C1(F)CCN(C(C)C)CC1. The van der Waals surface area contributed by atoms with E-state index in [2.05, 4.69) is 18.7 Å². The topological polar surface area (TPSA) is 23.6 Å². The number of likely N-dealkylation sites (tertiary alicyclic amines) is 1. The lowest BCUT2D eigenvalue weighted by Gasteiger charge is -2.38. The number of rotatable bonds is 3. The lowest BCUT2D eigenvalue weighted by atomic mass is 9.91. The van der Waals surface area contributed by atoms with E-state index in [9.17, 15) is 9.18 Å². The third-order valence-electron chi connectivity index (χ3n) is 3.53. The van der Waals surface area contributed by atoms with Crippen molar-refractivity contribution in [1.82, 2.24) is 9.80 Å². The van der Waals surface area contributed by atoms with Gasteiger partial charge in [-0.3, -0.25) is 4.79 Å². The zero-order valence-electron chi connectivity index (χ0n) is 10.8. The van der Waals surface area contributed by atoms with Gasteiger partial charge in [-0.2, -0.15) is 0 Å². The van der Waals surface area contributed by atoms with E-state index < -0.39 is 5.67 Å². The van der Waals surface area contributed by atoms with Gasteiger partial charge in [-0.05, 0) is 20.8 Å². The Morgan fingerprint density at radius 2 is 1.94 bits per heavy atom. The zero-order chi connectivity index (χ0) is 12.3. The van der Waals surface area contributed by atoms with Gasteiger partial charge >= 0.3 is 0 Å². The molecule has 0 N–H and O–H groups in total. The summed E-state index contributed by atoms with van der Waals surface area (Å²) in [7, 11) is 1.67. The summed E-state index contributed by atoms with van der Waals surface area (Å²) in [6.07, 6.45) is 0.655. The van der Waals surface area contributed by atoms with Crippen LogP contribution in [0.2, 0.25) is 0 Å². The number of carbonyl (C=O) groups is 1. The van der Waals surface area contributed by atoms with Crippen molar-refractivity contribution < 1.29 is 9.18 Å². The molecule has 0 aliphatic carbocycles. The molecular weight excluding hydrogens is 207 g/mol. The number of alkyl halides is 1. The number of hydrogen-bond donors (Lipinski definition) is 0. The predicted molar refractivity (Wildman–Crippen MR) is 63.1 cm³/mol. The Morgan fingerprint density at radius 1 is 1.44 bits per heavy atom. The van der Waals surface area contributed by atoms with Crippen LogP contribution in [-0.4, -0.2) is 54.1 Å². The van der Waals surface area contributed by atoms with Gasteiger partial charge in [0.1, 0.15) is 0 Å². The maximum Gasteiger partial charge on any atom is 0.260 e. The molecule has 0 aromatic carbocycles. The quantitative estimate of drug-likeness (QED) is 0.736. The number of halogens is 1. The van der Waals surface area contributed by atoms with Crippen LogP contribution in [0.5, 0.6) is 0 Å². The first-order chi connectivity index (χ1) is 7.40. The Morgan fingerprint density at radius 3 is 2.31 bits per heavy atom. The highest BCUT2D eigenvalue weighted by atomic mass is 19.1. The molecule has 1 rings (SSSR count). The van der Waals surface area contributed by atoms with Crippen LogP contribution in [0.1, 0.15) is 33.6 Å². The van der Waals surface area contributed by atoms with Gasteiger partial charge in [0.25, 0.3) is 5.91 Å². The Balaban J connectivity index is 2.59. The van der Waals surface area contributed by atoms with Gasteiger partial charge in [-0.15, -0.1) is 0 Å². The molecule has 0 radical (unpaired) electrons. The molecule has 0 saturated carbocycles. The van der Waals surface area contributed by atoms with Crippen molar-refractivity contribution >= 4 is 5.91 Å². The minimum absolute atomic E-state index is 0.328. The molecule has 1 aliphatic heterocycles. The van der Waals surface area contributed by atoms with Gasteiger partial charge in [0.2, 0.25) is 0 Å². The second-order valence-electron chi connectivity index (χ2n) is 4.91. The smallest absolute Gasteiger partial charge is 0.260 e. The lowest BCUT2D eigenvalue weighted by Crippen LogP contribution is -2.52. The number of hydrogen-bond acceptors (Lipinski definition) is 2. The molecule has 0 spiro atoms. The lowest BCUT2D eigenvalue weighted by molar-refractivity contribution is -0.146. The fourth-order valence-electron chi connectivity index (χ4n) is 2.09. The van der Waals surface area contributed by atoms with Crippen molar-refractivity contribution in [2.75, 3.05) is 26.7 Å². The summed E-state index contributed by atoms with van der Waals surface area (Å²) in [6, 6.07) is 0.434. The van der Waals surface area contributed by atoms with E-state index in [-0.39, 0.29) is 5.91 Å². The average molecular weight is 230 g/mol. The van der Waals surface area contributed by atoms with Gasteiger partial charge in [-0.25, -0.2) is 4.39 Å². The molecule has 0 aromatic rings. The maximum atomic E-state index is 14.4. The van der Waals surface area contributed by atoms with Crippen LogP contribution in [-0.2, 0) is 4.79 Å². The number of piperidine rings is 1. The highest BCUT2D eigenvalue weighted by Crippen LogP contribution is 2.29. The fourth-order valence-corrected chi connectivity index (χ4v) is 2.09. The van der Waals surface area contributed by atoms with E-state index in [1.165, 1.54) is 4.90 Å². The Labute approximate surface area is 97.6 Å². The van der Waals surface area contributed by atoms with Crippen LogP contribution in [0.3, 0.4) is 0 Å². The minimum atomic E-state index is -1.63. The highest BCUT2D eigenvalue weighted by molar-refractivity contribution is 5.85. The number of amides is 1. The van der Waals surface area contributed by atoms with Crippen LogP contribution in [0, 0.1) is 0 Å². The third-order valence-corrected chi connectivity index (χ3v) is 3.53. The summed E-state index contributed by atoms with van der Waals surface area (Å²) in [5.74, 6) is -0.349. The first-order valence-electron chi connectivity index (χ1n) is 6.09. The first kappa shape index (κ1) is 13.4. The molecule has 1 amide bonds. The summed E-state index contributed by atoms with van der Waals surface area (Å²) in [6.45, 7) is 7.99. The molecule has 16 heavy (non-hydrogen) atoms. The normalized spacial score (nSPS) is 21.1. The fraction of sp³-hybridized carbons (Fsp3) is 0.917. The minimum Gasteiger partial charge on any atom is -0.343 e. The van der Waals surface area contributed by atoms with Gasteiger partial charge in [0.05, 0.1) is 0 Å². The van der Waals surface area contributed by atoms with Gasteiger partial charge in [-0.1, -0.05) is 0 Å². The molecule has 0 aromatic heterocycles. The van der Waals surface area contributed by atoms with Gasteiger partial charge in [0, 0.05) is 45.6 Å². The standard InChI is InChI=1S/C12H23FN2O/c1-5-14(4)11(16)12(13)6-8-15(9-7-12)10(2)3/h10H,5-9H2,1-4H3. The molecule has 1 fully saturated rings. The molecule has 94 valence electrons. The summed E-state index contributed by atoms with van der Waals surface area (Å²) in [5, 5.41) is 0. The molecule has 0 atom stereocenters. The molecular formula is C12H23FN2O. The van der Waals surface area contributed by atoms with Crippen LogP contribution < -0.4 is 0 Å². The summed E-state index contributed by atoms with van der Waals surface area (Å²) < 4.78 is 14.4. The molecule has 0 unspecified atom stereocenters. The average Bonchev–Trinajstić information content (AvgIpc) is 2.27. The van der Waals surface area contributed by atoms with Crippen molar-refractivity contribution in [1.29, 1.82) is 0 Å². The summed E-state index contributed by atoms with van der Waals surface area (Å²) >= 11 is 0. The van der Waals surface area contributed by atoms with Crippen molar-refractivity contribution in [3.05, 3.63) is 0 Å². The van der Waals surface area contributed by atoms with Gasteiger partial charge in [0.15, 0.2) is 5.67 Å². The molecule has 1 saturated heterocycles. The van der Waals surface area contributed by atoms with Crippen molar-refractivity contribution in [2.24, 2.45) is 0 Å². The number of carbonyl (C=O) groups excluding carboxylic acids is 1. The molecule has 1 aliphatic rings. The summed E-state index contributed by atoms with van der Waals surface area (Å²) in [5.41, 5.74) is -1.63. The van der Waals surface area contributed by atoms with Crippen LogP contribution in [0.15, 0.2) is 0 Å². The Bertz CT molecular complexity index is 247. The first-order valence-corrected chi connectivity index (χ1v) is 6.09. The van der Waals surface area contributed by atoms with E-state index in [1.54, 1.807) is 7.05 Å². The second kappa shape index (κ2) is 5.13. The van der Waals surface area contributed by atoms with E-state index in [1.807, 2.05) is 6.92 Å². The summed E-state index contributed by atoms with van der Waals surface area (Å²) in [4.78, 5) is 15.6. The number of nitrogens with zero attached hydrogens (tertiary/aromatic N) is 2. The van der Waals surface area contributed by atoms with E-state index in [0.717, 1.165) is 0 Å². The van der Waals surface area contributed by atoms with E-state index >= 15 is 0 Å². The van der Waals surface area contributed by atoms with Crippen LogP contribution >= 0.6 is 0 Å². The van der Waals surface area contributed by atoms with Crippen molar-refractivity contribution in [3.8, 4) is 0 Å². The second-order valence-corrected chi connectivity index (χ2v) is 4.91. The molecule has 3 nitrogen and oxygen atoms in total. The van der Waals surface area contributed by atoms with E-state index in [0.29, 0.717) is 38.5 Å².